The van der Waals surface area contributed by atoms with Crippen LogP contribution in [-0.2, 0) is 16.1 Å². The maximum absolute atomic E-state index is 12.7. The van der Waals surface area contributed by atoms with Crippen LogP contribution in [0.15, 0.2) is 66.9 Å². The first-order chi connectivity index (χ1) is 15.5. The first-order valence-corrected chi connectivity index (χ1v) is 10.5. The number of para-hydroxylation sites is 1. The first-order valence-electron chi connectivity index (χ1n) is 10.5. The molecule has 0 unspecified atom stereocenters. The van der Waals surface area contributed by atoms with E-state index in [1.807, 2.05) is 71.5 Å². The predicted molar refractivity (Wildman–Crippen MR) is 120 cm³/mol. The van der Waals surface area contributed by atoms with Gasteiger partial charge < -0.3 is 10.2 Å². The fourth-order valence-corrected chi connectivity index (χ4v) is 3.68. The summed E-state index contributed by atoms with van der Waals surface area (Å²) in [5.74, 6) is -0.305. The molecule has 164 valence electrons. The molecule has 8 heteroatoms. The van der Waals surface area contributed by atoms with Crippen LogP contribution in [0.3, 0.4) is 0 Å². The number of hydrogen-bond donors (Lipinski definition) is 1. The van der Waals surface area contributed by atoms with Gasteiger partial charge in [-0.2, -0.15) is 5.10 Å². The number of hydrogen-bond acceptors (Lipinski definition) is 4. The molecule has 4 rings (SSSR count). The Hall–Kier alpha value is -3.94. The van der Waals surface area contributed by atoms with Crippen LogP contribution < -0.4 is 5.32 Å². The Morgan fingerprint density at radius 3 is 2.41 bits per heavy atom. The second kappa shape index (κ2) is 9.47. The molecule has 0 atom stereocenters. The molecule has 1 aromatic heterocycles. The third kappa shape index (κ3) is 4.69. The predicted octanol–water partition coefficient (Wildman–Crippen LogP) is 2.83. The molecule has 3 aromatic rings. The molecule has 1 aliphatic heterocycles. The average Bonchev–Trinajstić information content (AvgIpc) is 3.38. The molecule has 0 spiro atoms. The minimum atomic E-state index is -0.392. The van der Waals surface area contributed by atoms with Crippen molar-refractivity contribution in [2.75, 3.05) is 20.1 Å². The fraction of sp³-hybridized carbons (Fsp3) is 0.250. The van der Waals surface area contributed by atoms with E-state index in [0.29, 0.717) is 13.0 Å². The van der Waals surface area contributed by atoms with E-state index in [0.717, 1.165) is 27.4 Å². The molecule has 0 radical (unpaired) electrons. The van der Waals surface area contributed by atoms with E-state index in [-0.39, 0.29) is 31.3 Å². The van der Waals surface area contributed by atoms with Crippen molar-refractivity contribution in [3.05, 3.63) is 72.4 Å². The van der Waals surface area contributed by atoms with Crippen LogP contribution in [0, 0.1) is 0 Å². The summed E-state index contributed by atoms with van der Waals surface area (Å²) >= 11 is 0. The summed E-state index contributed by atoms with van der Waals surface area (Å²) in [6.07, 6.45) is 2.63. The van der Waals surface area contributed by atoms with Crippen molar-refractivity contribution < 1.29 is 14.4 Å². The molecule has 2 aromatic carbocycles. The van der Waals surface area contributed by atoms with E-state index in [4.69, 9.17) is 5.10 Å². The zero-order valence-corrected chi connectivity index (χ0v) is 17.9. The molecule has 1 fully saturated rings. The van der Waals surface area contributed by atoms with Crippen LogP contribution in [-0.4, -0.2) is 57.6 Å². The number of carbonyl (C=O) groups is 3. The summed E-state index contributed by atoms with van der Waals surface area (Å²) in [6, 6.07) is 19.3. The van der Waals surface area contributed by atoms with Crippen molar-refractivity contribution in [1.29, 1.82) is 0 Å². The molecule has 1 saturated heterocycles. The summed E-state index contributed by atoms with van der Waals surface area (Å²) in [4.78, 5) is 38.8. The zero-order chi connectivity index (χ0) is 22.5. The van der Waals surface area contributed by atoms with Gasteiger partial charge in [0.25, 0.3) is 0 Å². The van der Waals surface area contributed by atoms with Gasteiger partial charge in [0.05, 0.1) is 17.9 Å². The topological polar surface area (TPSA) is 87.5 Å². The lowest BCUT2D eigenvalue weighted by Crippen LogP contribution is -2.33. The normalized spacial score (nSPS) is 13.3. The molecular formula is C24H25N5O3. The van der Waals surface area contributed by atoms with Gasteiger partial charge >= 0.3 is 6.03 Å². The molecule has 0 saturated carbocycles. The van der Waals surface area contributed by atoms with Crippen LogP contribution >= 0.6 is 0 Å². The van der Waals surface area contributed by atoms with E-state index in [9.17, 15) is 14.4 Å². The minimum absolute atomic E-state index is 0.0281. The van der Waals surface area contributed by atoms with Crippen molar-refractivity contribution in [2.45, 2.75) is 19.4 Å². The molecule has 4 amide bonds. The Morgan fingerprint density at radius 1 is 1.06 bits per heavy atom. The van der Waals surface area contributed by atoms with Crippen LogP contribution in [0.25, 0.3) is 16.9 Å². The zero-order valence-electron chi connectivity index (χ0n) is 17.9. The molecule has 0 bridgehead atoms. The Balaban J connectivity index is 1.46. The smallest absolute Gasteiger partial charge is 0.324 e. The first kappa shape index (κ1) is 21.3. The lowest BCUT2D eigenvalue weighted by Gasteiger charge is -2.18. The molecule has 1 N–H and O–H groups in total. The van der Waals surface area contributed by atoms with Gasteiger partial charge in [-0.05, 0) is 18.6 Å². The van der Waals surface area contributed by atoms with Gasteiger partial charge in [-0.1, -0.05) is 48.5 Å². The van der Waals surface area contributed by atoms with Gasteiger partial charge in [0.1, 0.15) is 0 Å². The van der Waals surface area contributed by atoms with Crippen LogP contribution in [0.2, 0.25) is 0 Å². The number of nitrogens with one attached hydrogen (secondary N) is 1. The highest BCUT2D eigenvalue weighted by Crippen LogP contribution is 2.25. The Morgan fingerprint density at radius 2 is 1.75 bits per heavy atom. The van der Waals surface area contributed by atoms with Gasteiger partial charge in [0.15, 0.2) is 0 Å². The number of urea groups is 1. The molecule has 8 nitrogen and oxygen atoms in total. The van der Waals surface area contributed by atoms with Crippen LogP contribution in [0.4, 0.5) is 4.79 Å². The quantitative estimate of drug-likeness (QED) is 0.556. The summed E-state index contributed by atoms with van der Waals surface area (Å²) < 4.78 is 1.83. The SMILES string of the molecule is CN(Cc1cn(-c2ccccc2)nc1-c1ccccc1)C(=O)CCCN1C(=O)CNC1=O. The largest absolute Gasteiger partial charge is 0.341 e. The second-order valence-electron chi connectivity index (χ2n) is 7.71. The third-order valence-corrected chi connectivity index (χ3v) is 5.40. The summed E-state index contributed by atoms with van der Waals surface area (Å²) in [5, 5.41) is 7.27. The average molecular weight is 431 g/mol. The highest BCUT2D eigenvalue weighted by molar-refractivity contribution is 6.01. The number of aromatic nitrogens is 2. The molecule has 1 aliphatic rings. The van der Waals surface area contributed by atoms with E-state index in [1.165, 1.54) is 0 Å². The lowest BCUT2D eigenvalue weighted by atomic mass is 10.1. The number of carbonyl (C=O) groups excluding carboxylic acids is 3. The van der Waals surface area contributed by atoms with Gasteiger partial charge in [0.2, 0.25) is 11.8 Å². The van der Waals surface area contributed by atoms with Crippen molar-refractivity contribution in [1.82, 2.24) is 24.9 Å². The number of imide groups is 1. The van der Waals surface area contributed by atoms with E-state index in [1.54, 1.807) is 11.9 Å². The van der Waals surface area contributed by atoms with Gasteiger partial charge in [-0.3, -0.25) is 14.5 Å². The standard InChI is InChI=1S/C24H25N5O3/c1-27(21(30)13-8-14-28-22(31)15-25-24(28)32)16-19-17-29(20-11-6-3-7-12-20)26-23(19)18-9-4-2-5-10-18/h2-7,9-12,17H,8,13-16H2,1H3,(H,25,32). The van der Waals surface area contributed by atoms with Gasteiger partial charge in [0, 0.05) is 43.9 Å². The minimum Gasteiger partial charge on any atom is -0.341 e. The number of amides is 4. The lowest BCUT2D eigenvalue weighted by molar-refractivity contribution is -0.131. The highest BCUT2D eigenvalue weighted by atomic mass is 16.2. The van der Waals surface area contributed by atoms with Crippen molar-refractivity contribution in [3.8, 4) is 16.9 Å². The summed E-state index contributed by atoms with van der Waals surface area (Å²) in [6.45, 7) is 0.671. The van der Waals surface area contributed by atoms with E-state index in [2.05, 4.69) is 5.32 Å². The maximum atomic E-state index is 12.7. The third-order valence-electron chi connectivity index (χ3n) is 5.40. The Kier molecular flexibility index (Phi) is 6.30. The van der Waals surface area contributed by atoms with Gasteiger partial charge in [-0.15, -0.1) is 0 Å². The van der Waals surface area contributed by atoms with Crippen molar-refractivity contribution in [3.63, 3.8) is 0 Å². The van der Waals surface area contributed by atoms with Crippen LogP contribution in [0.5, 0.6) is 0 Å². The monoisotopic (exact) mass is 431 g/mol. The maximum Gasteiger partial charge on any atom is 0.324 e. The molecule has 0 aliphatic carbocycles. The summed E-state index contributed by atoms with van der Waals surface area (Å²) in [7, 11) is 1.75. The van der Waals surface area contributed by atoms with Crippen LogP contribution in [0.1, 0.15) is 18.4 Å². The fourth-order valence-electron chi connectivity index (χ4n) is 3.68. The molecular weight excluding hydrogens is 406 g/mol. The van der Waals surface area contributed by atoms with Gasteiger partial charge in [-0.25, -0.2) is 9.48 Å². The number of benzene rings is 2. The summed E-state index contributed by atoms with van der Waals surface area (Å²) in [5.41, 5.74) is 3.69. The highest BCUT2D eigenvalue weighted by Gasteiger charge is 2.28. The van der Waals surface area contributed by atoms with E-state index >= 15 is 0 Å². The van der Waals surface area contributed by atoms with Crippen molar-refractivity contribution in [2.24, 2.45) is 0 Å². The number of nitrogens with zero attached hydrogens (tertiary/aromatic N) is 4. The Bertz CT molecular complexity index is 1100. The second-order valence-corrected chi connectivity index (χ2v) is 7.71. The number of rotatable bonds is 8. The van der Waals surface area contributed by atoms with E-state index < -0.39 is 6.03 Å². The molecule has 2 heterocycles. The van der Waals surface area contributed by atoms with Crippen molar-refractivity contribution >= 4 is 17.8 Å². The Labute approximate surface area is 186 Å². The molecule has 32 heavy (non-hydrogen) atoms.